The number of hydrogen-bond acceptors (Lipinski definition) is 3. The zero-order valence-electron chi connectivity index (χ0n) is 11.2. The Hall–Kier alpha value is -1.24. The van der Waals surface area contributed by atoms with E-state index in [2.05, 4.69) is 5.32 Å². The maximum Gasteiger partial charge on any atom is 0.389 e. The molecule has 1 aromatic carbocycles. The summed E-state index contributed by atoms with van der Waals surface area (Å²) in [6.07, 6.45) is -4.44. The Bertz CT molecular complexity index is 509. The fourth-order valence-corrected chi connectivity index (χ4v) is 3.01. The summed E-state index contributed by atoms with van der Waals surface area (Å²) < 4.78 is 59.4. The summed E-state index contributed by atoms with van der Waals surface area (Å²) in [7, 11) is -3.25. The van der Waals surface area contributed by atoms with E-state index in [-0.39, 0.29) is 23.6 Å². The number of halogens is 3. The van der Waals surface area contributed by atoms with Crippen LogP contribution < -0.4 is 5.32 Å². The summed E-state index contributed by atoms with van der Waals surface area (Å²) in [5, 5.41) is 2.83. The van der Waals surface area contributed by atoms with E-state index >= 15 is 0 Å². The molecule has 0 aliphatic rings. The van der Waals surface area contributed by atoms with E-state index < -0.39 is 22.4 Å². The maximum atomic E-state index is 11.9. The molecule has 0 saturated heterocycles. The smallest absolute Gasteiger partial charge is 0.385 e. The molecule has 7 heteroatoms. The van der Waals surface area contributed by atoms with Crippen LogP contribution in [0.4, 0.5) is 18.9 Å². The van der Waals surface area contributed by atoms with E-state index in [4.69, 9.17) is 0 Å². The molecule has 0 spiro atoms. The van der Waals surface area contributed by atoms with Gasteiger partial charge in [-0.05, 0) is 37.1 Å². The van der Waals surface area contributed by atoms with Gasteiger partial charge in [0.2, 0.25) is 0 Å². The fraction of sp³-hybridized carbons (Fsp3) is 0.538. The van der Waals surface area contributed by atoms with Crippen LogP contribution in [-0.4, -0.2) is 26.9 Å². The minimum Gasteiger partial charge on any atom is -0.385 e. The summed E-state index contributed by atoms with van der Waals surface area (Å²) >= 11 is 0. The zero-order valence-corrected chi connectivity index (χ0v) is 12.0. The van der Waals surface area contributed by atoms with Crippen molar-refractivity contribution in [3.8, 4) is 0 Å². The van der Waals surface area contributed by atoms with Crippen molar-refractivity contribution in [2.45, 2.75) is 37.3 Å². The van der Waals surface area contributed by atoms with Gasteiger partial charge in [-0.1, -0.05) is 6.92 Å². The van der Waals surface area contributed by atoms with E-state index in [9.17, 15) is 21.6 Å². The van der Waals surface area contributed by atoms with Crippen LogP contribution in [0.1, 0.15) is 26.2 Å². The minimum atomic E-state index is -4.14. The van der Waals surface area contributed by atoms with Crippen LogP contribution in [0.2, 0.25) is 0 Å². The Balaban J connectivity index is 2.51. The predicted octanol–water partition coefficient (Wildman–Crippen LogP) is 3.62. The lowest BCUT2D eigenvalue weighted by Gasteiger charge is -2.09. The van der Waals surface area contributed by atoms with Gasteiger partial charge in [-0.2, -0.15) is 13.2 Å². The van der Waals surface area contributed by atoms with Gasteiger partial charge in [0.25, 0.3) is 0 Å². The third-order valence-corrected chi connectivity index (χ3v) is 4.59. The van der Waals surface area contributed by atoms with Crippen LogP contribution in [0.25, 0.3) is 0 Å². The number of hydrogen-bond donors (Lipinski definition) is 1. The van der Waals surface area contributed by atoms with Gasteiger partial charge in [0.05, 0.1) is 10.6 Å². The van der Waals surface area contributed by atoms with Gasteiger partial charge in [0, 0.05) is 18.7 Å². The number of alkyl halides is 3. The molecular formula is C13H18F3NO2S. The van der Waals surface area contributed by atoms with Gasteiger partial charge in [0.15, 0.2) is 9.84 Å². The van der Waals surface area contributed by atoms with Gasteiger partial charge in [-0.15, -0.1) is 0 Å². The minimum absolute atomic E-state index is 0.0145. The third kappa shape index (κ3) is 5.81. The molecule has 3 nitrogen and oxygen atoms in total. The molecule has 0 fully saturated rings. The predicted molar refractivity (Wildman–Crippen MR) is 72.6 cm³/mol. The molecule has 20 heavy (non-hydrogen) atoms. The molecule has 1 aromatic rings. The first-order chi connectivity index (χ1) is 9.24. The van der Waals surface area contributed by atoms with Crippen molar-refractivity contribution in [2.24, 2.45) is 0 Å². The van der Waals surface area contributed by atoms with E-state index in [0.29, 0.717) is 12.1 Å². The van der Waals surface area contributed by atoms with Crippen molar-refractivity contribution in [3.05, 3.63) is 24.3 Å². The van der Waals surface area contributed by atoms with Crippen molar-refractivity contribution >= 4 is 15.5 Å². The molecule has 0 bridgehead atoms. The van der Waals surface area contributed by atoms with Gasteiger partial charge in [-0.25, -0.2) is 8.42 Å². The highest BCUT2D eigenvalue weighted by molar-refractivity contribution is 7.91. The average Bonchev–Trinajstić information content (AvgIpc) is 2.34. The molecule has 0 unspecified atom stereocenters. The van der Waals surface area contributed by atoms with Gasteiger partial charge in [0.1, 0.15) is 0 Å². The van der Waals surface area contributed by atoms with Crippen molar-refractivity contribution in [3.63, 3.8) is 0 Å². The summed E-state index contributed by atoms with van der Waals surface area (Å²) in [4.78, 5) is 0.236. The van der Waals surface area contributed by atoms with Gasteiger partial charge in [-0.3, -0.25) is 0 Å². The first-order valence-corrected chi connectivity index (χ1v) is 8.03. The summed E-state index contributed by atoms with van der Waals surface area (Å²) in [6, 6.07) is 6.07. The molecular weight excluding hydrogens is 291 g/mol. The molecule has 0 radical (unpaired) electrons. The van der Waals surface area contributed by atoms with Gasteiger partial charge < -0.3 is 5.32 Å². The van der Waals surface area contributed by atoms with E-state index in [0.717, 1.165) is 0 Å². The van der Waals surface area contributed by atoms with Crippen LogP contribution in [0.5, 0.6) is 0 Å². The second-order valence-electron chi connectivity index (χ2n) is 4.49. The zero-order chi connectivity index (χ0) is 15.2. The molecule has 0 saturated carbocycles. The monoisotopic (exact) mass is 309 g/mol. The highest BCUT2D eigenvalue weighted by Gasteiger charge is 2.25. The molecule has 0 amide bonds. The van der Waals surface area contributed by atoms with E-state index in [1.165, 1.54) is 12.1 Å². The number of sulfone groups is 1. The Morgan fingerprint density at radius 2 is 1.75 bits per heavy atom. The molecule has 0 atom stereocenters. The largest absolute Gasteiger partial charge is 0.389 e. The number of nitrogens with one attached hydrogen (secondary N) is 1. The van der Waals surface area contributed by atoms with Crippen molar-refractivity contribution in [2.75, 3.05) is 17.6 Å². The lowest BCUT2D eigenvalue weighted by molar-refractivity contribution is -0.134. The molecule has 0 heterocycles. The first-order valence-electron chi connectivity index (χ1n) is 6.38. The fourth-order valence-electron chi connectivity index (χ4n) is 1.69. The Morgan fingerprint density at radius 3 is 2.25 bits per heavy atom. The molecule has 0 aliphatic carbocycles. The molecule has 114 valence electrons. The van der Waals surface area contributed by atoms with Crippen LogP contribution in [0, 0.1) is 0 Å². The average molecular weight is 309 g/mol. The summed E-state index contributed by atoms with van der Waals surface area (Å²) in [5.74, 6) is 0.0886. The van der Waals surface area contributed by atoms with Crippen molar-refractivity contribution in [1.29, 1.82) is 0 Å². The SMILES string of the molecule is CCCS(=O)(=O)c1ccc(NCCCC(F)(F)F)cc1. The van der Waals surface area contributed by atoms with Crippen LogP contribution in [-0.2, 0) is 9.84 Å². The number of anilines is 1. The van der Waals surface area contributed by atoms with E-state index in [1.54, 1.807) is 19.1 Å². The van der Waals surface area contributed by atoms with Crippen molar-refractivity contribution in [1.82, 2.24) is 0 Å². The van der Waals surface area contributed by atoms with Crippen LogP contribution >= 0.6 is 0 Å². The quantitative estimate of drug-likeness (QED) is 0.782. The molecule has 0 aromatic heterocycles. The second kappa shape index (κ2) is 6.97. The maximum absolute atomic E-state index is 11.9. The summed E-state index contributed by atoms with van der Waals surface area (Å²) in [5.41, 5.74) is 0.614. The standard InChI is InChI=1S/C13H18F3NO2S/c1-2-10-20(18,19)12-6-4-11(5-7-12)17-9-3-8-13(14,15)16/h4-7,17H,2-3,8-10H2,1H3. The molecule has 1 N–H and O–H groups in total. The van der Waals surface area contributed by atoms with Crippen LogP contribution in [0.3, 0.4) is 0 Å². The highest BCUT2D eigenvalue weighted by atomic mass is 32.2. The molecule has 0 aliphatic heterocycles. The Kier molecular flexibility index (Phi) is 5.86. The number of rotatable bonds is 7. The second-order valence-corrected chi connectivity index (χ2v) is 6.60. The highest BCUT2D eigenvalue weighted by Crippen LogP contribution is 2.21. The topological polar surface area (TPSA) is 46.2 Å². The molecule has 1 rings (SSSR count). The first kappa shape index (κ1) is 16.8. The normalized spacial score (nSPS) is 12.4. The lowest BCUT2D eigenvalue weighted by atomic mass is 10.3. The van der Waals surface area contributed by atoms with Gasteiger partial charge >= 0.3 is 6.18 Å². The lowest BCUT2D eigenvalue weighted by Crippen LogP contribution is -2.11. The third-order valence-electron chi connectivity index (χ3n) is 2.65. The van der Waals surface area contributed by atoms with Crippen molar-refractivity contribution < 1.29 is 21.6 Å². The Morgan fingerprint density at radius 1 is 1.15 bits per heavy atom. The van der Waals surface area contributed by atoms with Crippen LogP contribution in [0.15, 0.2) is 29.2 Å². The Labute approximate surface area is 117 Å². The number of benzene rings is 1. The summed E-state index contributed by atoms with van der Waals surface area (Å²) in [6.45, 7) is 1.98. The van der Waals surface area contributed by atoms with E-state index in [1.807, 2.05) is 0 Å².